The van der Waals surface area contributed by atoms with Crippen LogP contribution in [-0.4, -0.2) is 41.9 Å². The van der Waals surface area contributed by atoms with Crippen LogP contribution in [-0.2, 0) is 11.3 Å². The van der Waals surface area contributed by atoms with E-state index in [1.807, 2.05) is 78.9 Å². The summed E-state index contributed by atoms with van der Waals surface area (Å²) in [7, 11) is 0. The van der Waals surface area contributed by atoms with Crippen molar-refractivity contribution in [2.75, 3.05) is 26.2 Å². The van der Waals surface area contributed by atoms with Gasteiger partial charge in [0, 0.05) is 32.7 Å². The van der Waals surface area contributed by atoms with Crippen molar-refractivity contribution in [1.82, 2.24) is 9.80 Å². The van der Waals surface area contributed by atoms with E-state index in [1.54, 1.807) is 0 Å². The van der Waals surface area contributed by atoms with Gasteiger partial charge >= 0.3 is 0 Å². The van der Waals surface area contributed by atoms with Crippen LogP contribution in [0.5, 0.6) is 11.5 Å². The molecule has 1 aliphatic heterocycles. The minimum atomic E-state index is -0.272. The van der Waals surface area contributed by atoms with Gasteiger partial charge < -0.3 is 9.64 Å². The summed E-state index contributed by atoms with van der Waals surface area (Å²) in [6.07, 6.45) is 0.961. The van der Waals surface area contributed by atoms with E-state index in [0.29, 0.717) is 0 Å². The topological polar surface area (TPSA) is 32.8 Å². The van der Waals surface area contributed by atoms with Crippen molar-refractivity contribution in [1.29, 1.82) is 0 Å². The molecule has 4 aromatic rings. The van der Waals surface area contributed by atoms with Crippen LogP contribution in [0.25, 0.3) is 0 Å². The van der Waals surface area contributed by atoms with Gasteiger partial charge in [-0.3, -0.25) is 9.69 Å². The highest BCUT2D eigenvalue weighted by Gasteiger charge is 2.28. The molecule has 0 spiro atoms. The first-order chi connectivity index (χ1) is 17.8. The normalized spacial score (nSPS) is 14.4. The van der Waals surface area contributed by atoms with E-state index in [-0.39, 0.29) is 11.8 Å². The first-order valence-electron chi connectivity index (χ1n) is 12.7. The van der Waals surface area contributed by atoms with Gasteiger partial charge in [0.1, 0.15) is 11.5 Å². The standard InChI is InChI=1S/C32H32N2O2/c35-32(31(27-13-4-1-5-14-27)28-15-6-2-7-16-28)34-21-11-20-33(22-23-34)25-26-12-10-19-30(24-26)36-29-17-8-3-9-18-29/h1-10,12-19,24,31H,11,20-23,25H2. The number of benzene rings is 4. The van der Waals surface area contributed by atoms with Gasteiger partial charge in [-0.25, -0.2) is 0 Å². The van der Waals surface area contributed by atoms with Crippen LogP contribution in [0, 0.1) is 0 Å². The lowest BCUT2D eigenvalue weighted by atomic mass is 9.90. The second-order valence-electron chi connectivity index (χ2n) is 9.27. The summed E-state index contributed by atoms with van der Waals surface area (Å²) >= 11 is 0. The van der Waals surface area contributed by atoms with Gasteiger partial charge in [0.2, 0.25) is 5.91 Å². The van der Waals surface area contributed by atoms with Crippen molar-refractivity contribution in [2.24, 2.45) is 0 Å². The molecule has 0 radical (unpaired) electrons. The van der Waals surface area contributed by atoms with Crippen molar-refractivity contribution < 1.29 is 9.53 Å². The zero-order chi connectivity index (χ0) is 24.6. The van der Waals surface area contributed by atoms with E-state index in [4.69, 9.17) is 4.74 Å². The molecule has 182 valence electrons. The summed E-state index contributed by atoms with van der Waals surface area (Å²) in [5.74, 6) is 1.60. The van der Waals surface area contributed by atoms with Gasteiger partial charge in [-0.1, -0.05) is 91.0 Å². The van der Waals surface area contributed by atoms with E-state index < -0.39 is 0 Å². The Labute approximate surface area is 213 Å². The molecule has 0 unspecified atom stereocenters. The predicted molar refractivity (Wildman–Crippen MR) is 144 cm³/mol. The minimum absolute atomic E-state index is 0.188. The third kappa shape index (κ3) is 6.02. The van der Waals surface area contributed by atoms with Gasteiger partial charge in [-0.15, -0.1) is 0 Å². The number of ether oxygens (including phenoxy) is 1. The summed E-state index contributed by atoms with van der Waals surface area (Å²) in [5.41, 5.74) is 3.31. The predicted octanol–water partition coefficient (Wildman–Crippen LogP) is 6.35. The Morgan fingerprint density at radius 1 is 0.667 bits per heavy atom. The van der Waals surface area contributed by atoms with Gasteiger partial charge in [0.15, 0.2) is 0 Å². The van der Waals surface area contributed by atoms with Crippen molar-refractivity contribution >= 4 is 5.91 Å². The number of rotatable bonds is 7. The molecule has 4 heteroatoms. The number of hydrogen-bond acceptors (Lipinski definition) is 3. The lowest BCUT2D eigenvalue weighted by Gasteiger charge is -2.27. The Hall–Kier alpha value is -3.89. The number of carbonyl (C=O) groups excluding carboxylic acids is 1. The largest absolute Gasteiger partial charge is 0.457 e. The van der Waals surface area contributed by atoms with E-state index in [0.717, 1.165) is 61.8 Å². The Kier molecular flexibility index (Phi) is 7.74. The zero-order valence-corrected chi connectivity index (χ0v) is 20.5. The molecule has 0 N–H and O–H groups in total. The van der Waals surface area contributed by atoms with E-state index >= 15 is 0 Å². The Balaban J connectivity index is 1.25. The number of amides is 1. The first kappa shape index (κ1) is 23.8. The third-order valence-electron chi connectivity index (χ3n) is 6.70. The maximum Gasteiger partial charge on any atom is 0.234 e. The molecule has 1 aliphatic rings. The summed E-state index contributed by atoms with van der Waals surface area (Å²) < 4.78 is 6.02. The van der Waals surface area contributed by atoms with Crippen LogP contribution >= 0.6 is 0 Å². The summed E-state index contributed by atoms with van der Waals surface area (Å²) in [4.78, 5) is 18.3. The molecule has 0 aliphatic carbocycles. The van der Waals surface area contributed by atoms with Crippen molar-refractivity contribution in [3.63, 3.8) is 0 Å². The fourth-order valence-electron chi connectivity index (χ4n) is 4.89. The Bertz CT molecular complexity index is 1210. The molecule has 1 heterocycles. The SMILES string of the molecule is O=C(C(c1ccccc1)c1ccccc1)N1CCCN(Cc2cccc(Oc3ccccc3)c2)CC1. The molecule has 1 fully saturated rings. The van der Waals surface area contributed by atoms with Crippen molar-refractivity contribution in [3.05, 3.63) is 132 Å². The maximum absolute atomic E-state index is 13.8. The van der Waals surface area contributed by atoms with Gasteiger partial charge in [-0.05, 0) is 47.4 Å². The van der Waals surface area contributed by atoms with Crippen molar-refractivity contribution in [2.45, 2.75) is 18.9 Å². The lowest BCUT2D eigenvalue weighted by Crippen LogP contribution is -2.38. The van der Waals surface area contributed by atoms with Crippen molar-refractivity contribution in [3.8, 4) is 11.5 Å². The van der Waals surface area contributed by atoms with Gasteiger partial charge in [0.05, 0.1) is 5.92 Å². The fraction of sp³-hybridized carbons (Fsp3) is 0.219. The molecule has 36 heavy (non-hydrogen) atoms. The highest BCUT2D eigenvalue weighted by molar-refractivity contribution is 5.87. The number of nitrogens with zero attached hydrogens (tertiary/aromatic N) is 2. The van der Waals surface area contributed by atoms with Crippen LogP contribution in [0.2, 0.25) is 0 Å². The molecule has 4 nitrogen and oxygen atoms in total. The van der Waals surface area contributed by atoms with Crippen LogP contribution in [0.1, 0.15) is 29.0 Å². The molecule has 0 saturated carbocycles. The Morgan fingerprint density at radius 2 is 1.28 bits per heavy atom. The Morgan fingerprint density at radius 3 is 1.94 bits per heavy atom. The molecule has 5 rings (SSSR count). The monoisotopic (exact) mass is 476 g/mol. The number of carbonyl (C=O) groups is 1. The zero-order valence-electron chi connectivity index (χ0n) is 20.5. The second kappa shape index (κ2) is 11.7. The van der Waals surface area contributed by atoms with Crippen LogP contribution in [0.15, 0.2) is 115 Å². The first-order valence-corrected chi connectivity index (χ1v) is 12.7. The summed E-state index contributed by atoms with van der Waals surface area (Å²) in [5, 5.41) is 0. The van der Waals surface area contributed by atoms with E-state index in [9.17, 15) is 4.79 Å². The molecular weight excluding hydrogens is 444 g/mol. The quantitative estimate of drug-likeness (QED) is 0.312. The van der Waals surface area contributed by atoms with Gasteiger partial charge in [0.25, 0.3) is 0 Å². The van der Waals surface area contributed by atoms with Gasteiger partial charge in [-0.2, -0.15) is 0 Å². The highest BCUT2D eigenvalue weighted by Crippen LogP contribution is 2.28. The fourth-order valence-corrected chi connectivity index (χ4v) is 4.89. The van der Waals surface area contributed by atoms with Crippen LogP contribution < -0.4 is 4.74 Å². The maximum atomic E-state index is 13.8. The summed E-state index contributed by atoms with van der Waals surface area (Å²) in [6.45, 7) is 4.17. The van der Waals surface area contributed by atoms with E-state index in [2.05, 4.69) is 46.2 Å². The van der Waals surface area contributed by atoms with Crippen LogP contribution in [0.3, 0.4) is 0 Å². The second-order valence-corrected chi connectivity index (χ2v) is 9.27. The molecule has 0 atom stereocenters. The minimum Gasteiger partial charge on any atom is -0.457 e. The lowest BCUT2D eigenvalue weighted by molar-refractivity contribution is -0.131. The third-order valence-corrected chi connectivity index (χ3v) is 6.70. The molecule has 1 amide bonds. The molecule has 4 aromatic carbocycles. The average molecular weight is 477 g/mol. The summed E-state index contributed by atoms with van der Waals surface area (Å²) in [6, 6.07) is 38.4. The molecule has 0 aromatic heterocycles. The number of para-hydroxylation sites is 1. The highest BCUT2D eigenvalue weighted by atomic mass is 16.5. The average Bonchev–Trinajstić information content (AvgIpc) is 3.16. The van der Waals surface area contributed by atoms with E-state index in [1.165, 1.54) is 5.56 Å². The number of hydrogen-bond donors (Lipinski definition) is 0. The smallest absolute Gasteiger partial charge is 0.234 e. The molecule has 0 bridgehead atoms. The molecular formula is C32H32N2O2. The van der Waals surface area contributed by atoms with Crippen LogP contribution in [0.4, 0.5) is 0 Å². The molecule has 1 saturated heterocycles.